The topological polar surface area (TPSA) is 60.8 Å². The second-order valence-corrected chi connectivity index (χ2v) is 14.0. The number of halogens is 1. The number of anilines is 1. The Kier molecular flexibility index (Phi) is 10.4. The third kappa shape index (κ3) is 7.28. The van der Waals surface area contributed by atoms with Crippen LogP contribution in [0.25, 0.3) is 11.1 Å². The zero-order valence-electron chi connectivity index (χ0n) is 27.2. The van der Waals surface area contributed by atoms with Crippen LogP contribution < -0.4 is 17.3 Å². The lowest BCUT2D eigenvalue weighted by molar-refractivity contribution is -0.942. The average Bonchev–Trinajstić information content (AvgIpc) is 3.11. The summed E-state index contributed by atoms with van der Waals surface area (Å²) in [5.41, 5.74) is 6.22. The van der Waals surface area contributed by atoms with Crippen LogP contribution in [-0.2, 0) is 11.2 Å². The van der Waals surface area contributed by atoms with E-state index in [4.69, 9.17) is 0 Å². The van der Waals surface area contributed by atoms with Crippen LogP contribution in [-0.4, -0.2) is 46.8 Å². The highest BCUT2D eigenvalue weighted by atomic mass is 35.5. The van der Waals surface area contributed by atoms with Crippen molar-refractivity contribution in [3.05, 3.63) is 120 Å². The molecule has 4 fully saturated rings. The van der Waals surface area contributed by atoms with E-state index in [-0.39, 0.29) is 36.0 Å². The zero-order chi connectivity index (χ0) is 31.5. The van der Waals surface area contributed by atoms with Crippen LogP contribution in [0.2, 0.25) is 0 Å². The first kappa shape index (κ1) is 33.3. The van der Waals surface area contributed by atoms with Crippen LogP contribution in [0, 0.1) is 11.8 Å². The van der Waals surface area contributed by atoms with E-state index in [1.807, 2.05) is 47.4 Å². The molecular formula is C41H47ClN2O3. The van der Waals surface area contributed by atoms with E-state index in [9.17, 15) is 15.0 Å². The highest BCUT2D eigenvalue weighted by Crippen LogP contribution is 2.46. The van der Waals surface area contributed by atoms with Gasteiger partial charge in [-0.15, -0.1) is 0 Å². The fourth-order valence-electron chi connectivity index (χ4n) is 8.31. The molecule has 5 nitrogen and oxygen atoms in total. The first-order valence-electron chi connectivity index (χ1n) is 17.4. The van der Waals surface area contributed by atoms with E-state index in [0.29, 0.717) is 12.8 Å². The van der Waals surface area contributed by atoms with Gasteiger partial charge in [0, 0.05) is 5.69 Å². The van der Waals surface area contributed by atoms with Crippen LogP contribution in [0.4, 0.5) is 5.69 Å². The van der Waals surface area contributed by atoms with Gasteiger partial charge in [-0.3, -0.25) is 4.79 Å². The van der Waals surface area contributed by atoms with Gasteiger partial charge in [0.15, 0.2) is 0 Å². The molecule has 0 aliphatic carbocycles. The molecule has 4 aliphatic rings. The number of rotatable bonds is 12. The van der Waals surface area contributed by atoms with Crippen LogP contribution in [0.5, 0.6) is 5.75 Å². The van der Waals surface area contributed by atoms with Crippen molar-refractivity contribution < 1.29 is 31.9 Å². The number of fused-ring (bicyclic) bond motifs is 3. The number of unbranched alkanes of at least 4 members (excludes halogenated alkanes) is 1. The summed E-state index contributed by atoms with van der Waals surface area (Å²) in [7, 11) is 0. The minimum absolute atomic E-state index is 0. The lowest BCUT2D eigenvalue weighted by Gasteiger charge is -2.49. The van der Waals surface area contributed by atoms with Crippen molar-refractivity contribution in [1.82, 2.24) is 0 Å². The van der Waals surface area contributed by atoms with Gasteiger partial charge in [-0.1, -0.05) is 78.9 Å². The molecule has 0 aromatic heterocycles. The Morgan fingerprint density at radius 3 is 2.17 bits per heavy atom. The highest BCUT2D eigenvalue weighted by Gasteiger charge is 2.48. The number of piperidine rings is 3. The highest BCUT2D eigenvalue weighted by molar-refractivity contribution is 6.03. The van der Waals surface area contributed by atoms with Crippen molar-refractivity contribution >= 4 is 11.6 Å². The summed E-state index contributed by atoms with van der Waals surface area (Å²) in [5, 5.41) is 20.8. The van der Waals surface area contributed by atoms with E-state index >= 15 is 0 Å². The monoisotopic (exact) mass is 650 g/mol. The third-order valence-corrected chi connectivity index (χ3v) is 11.2. The molecule has 4 aromatic carbocycles. The van der Waals surface area contributed by atoms with E-state index in [1.54, 1.807) is 12.1 Å². The average molecular weight is 651 g/mol. The minimum atomic E-state index is -0.595. The standard InChI is InChI=1S/C41H46N2O3.ClH/c44-37-11-6-10-35(29-37)32-14-16-34(17-15-32)40-38(20-21-39(45)33-8-2-1-3-9-33)41(46)42(40)36-18-12-30(13-19-36)7-4-5-25-43-26-22-31(23-27-43)24-28-43;/h1-3,6,8-19,29,31,38-40,45H,4-5,7,20-28H2;1H/t31?,38-,39+,40-,43?;/m1./s1. The van der Waals surface area contributed by atoms with Crippen LogP contribution >= 0.6 is 0 Å². The molecule has 4 aromatic rings. The smallest absolute Gasteiger partial charge is 0.233 e. The van der Waals surface area contributed by atoms with Crippen molar-refractivity contribution in [2.75, 3.05) is 31.1 Å². The predicted octanol–water partition coefficient (Wildman–Crippen LogP) is 5.23. The summed E-state index contributed by atoms with van der Waals surface area (Å²) in [5.74, 6) is 1.18. The molecule has 4 saturated heterocycles. The molecule has 8 rings (SSSR count). The number of phenolic OH excluding ortho intramolecular Hbond substituents is 1. The summed E-state index contributed by atoms with van der Waals surface area (Å²) in [6.07, 6.45) is 8.45. The van der Waals surface area contributed by atoms with Gasteiger partial charge in [-0.05, 0) is 109 Å². The second-order valence-electron chi connectivity index (χ2n) is 14.0. The Balaban J connectivity index is 0.00000386. The molecule has 2 bridgehead atoms. The van der Waals surface area contributed by atoms with Crippen molar-refractivity contribution in [2.24, 2.45) is 11.8 Å². The number of hydrogen-bond donors (Lipinski definition) is 2. The van der Waals surface area contributed by atoms with Crippen molar-refractivity contribution in [3.63, 3.8) is 0 Å². The van der Waals surface area contributed by atoms with Gasteiger partial charge in [-0.2, -0.15) is 0 Å². The Labute approximate surface area is 285 Å². The number of aromatic hydroxyl groups is 1. The van der Waals surface area contributed by atoms with Gasteiger partial charge < -0.3 is 32.0 Å². The normalized spacial score (nSPS) is 24.0. The SMILES string of the molecule is O=C1[C@H](CC[C@H](O)c2ccccc2)[C@@H](c2ccc(-c3cccc(O)c3)cc2)N1c1ccc(CCCC[N+]23CCC(CC2)CC3)cc1.[Cl-]. The maximum Gasteiger partial charge on any atom is 0.233 e. The maximum absolute atomic E-state index is 13.7. The van der Waals surface area contributed by atoms with Crippen LogP contribution in [0.15, 0.2) is 103 Å². The summed E-state index contributed by atoms with van der Waals surface area (Å²) >= 11 is 0. The van der Waals surface area contributed by atoms with Gasteiger partial charge in [0.2, 0.25) is 5.91 Å². The number of aryl methyl sites for hydroxylation is 1. The number of carbonyl (C=O) groups excluding carboxylic acids is 1. The summed E-state index contributed by atoms with van der Waals surface area (Å²) in [4.78, 5) is 15.7. The molecule has 6 heteroatoms. The van der Waals surface area contributed by atoms with Gasteiger partial charge >= 0.3 is 0 Å². The minimum Gasteiger partial charge on any atom is -1.00 e. The van der Waals surface area contributed by atoms with Gasteiger partial charge in [0.05, 0.1) is 44.2 Å². The lowest BCUT2D eigenvalue weighted by Crippen LogP contribution is -3.00. The largest absolute Gasteiger partial charge is 1.00 e. The van der Waals surface area contributed by atoms with Crippen LogP contribution in [0.3, 0.4) is 0 Å². The third-order valence-electron chi connectivity index (χ3n) is 11.2. The summed E-state index contributed by atoms with van der Waals surface area (Å²) < 4.78 is 1.37. The number of aliphatic hydroxyl groups is 1. The molecule has 47 heavy (non-hydrogen) atoms. The van der Waals surface area contributed by atoms with Crippen molar-refractivity contribution in [3.8, 4) is 16.9 Å². The second kappa shape index (κ2) is 14.6. The number of nitrogens with zero attached hydrogens (tertiary/aromatic N) is 2. The van der Waals surface area contributed by atoms with E-state index in [2.05, 4.69) is 48.5 Å². The Morgan fingerprint density at radius 2 is 1.49 bits per heavy atom. The molecule has 4 heterocycles. The van der Waals surface area contributed by atoms with Gasteiger partial charge in [0.25, 0.3) is 0 Å². The summed E-state index contributed by atoms with van der Waals surface area (Å²) in [6.45, 7) is 5.53. The molecule has 0 unspecified atom stereocenters. The number of hydrogen-bond acceptors (Lipinski definition) is 3. The summed E-state index contributed by atoms with van der Waals surface area (Å²) in [6, 6.07) is 33.9. The fourth-order valence-corrected chi connectivity index (χ4v) is 8.31. The molecule has 0 radical (unpaired) electrons. The fraction of sp³-hybridized carbons (Fsp3) is 0.390. The van der Waals surface area contributed by atoms with Gasteiger partial charge in [0.1, 0.15) is 5.75 Å². The Bertz CT molecular complexity index is 1600. The first-order valence-corrected chi connectivity index (χ1v) is 17.4. The molecule has 1 amide bonds. The van der Waals surface area contributed by atoms with E-state index < -0.39 is 6.10 Å². The molecule has 0 saturated carbocycles. The predicted molar refractivity (Wildman–Crippen MR) is 184 cm³/mol. The Morgan fingerprint density at radius 1 is 0.787 bits per heavy atom. The van der Waals surface area contributed by atoms with E-state index in [0.717, 1.165) is 40.3 Å². The number of phenols is 1. The number of β-lactam (4-membered cyclic amide) rings is 1. The maximum atomic E-state index is 13.7. The number of aliphatic hydroxyl groups excluding tert-OH is 1. The number of carbonyl (C=O) groups is 1. The van der Waals surface area contributed by atoms with E-state index in [1.165, 1.54) is 68.3 Å². The van der Waals surface area contributed by atoms with Crippen molar-refractivity contribution in [1.29, 1.82) is 0 Å². The zero-order valence-corrected chi connectivity index (χ0v) is 27.9. The first-order chi connectivity index (χ1) is 22.5. The number of benzene rings is 4. The van der Waals surface area contributed by atoms with Gasteiger partial charge in [-0.25, -0.2) is 0 Å². The molecule has 0 spiro atoms. The van der Waals surface area contributed by atoms with Crippen molar-refractivity contribution in [2.45, 2.75) is 63.5 Å². The number of amides is 1. The molecule has 4 aliphatic heterocycles. The quantitative estimate of drug-likeness (QED) is 0.125. The molecular weight excluding hydrogens is 604 g/mol. The van der Waals surface area contributed by atoms with Crippen LogP contribution in [0.1, 0.15) is 73.8 Å². The molecule has 3 atom stereocenters. The molecule has 246 valence electrons. The number of quaternary nitrogens is 1. The lowest BCUT2D eigenvalue weighted by atomic mass is 9.78. The Hall–Kier alpha value is -3.64. The molecule has 2 N–H and O–H groups in total.